The molecule has 1 aliphatic heterocycles. The van der Waals surface area contributed by atoms with Crippen molar-refractivity contribution < 1.29 is 7.86 Å². The van der Waals surface area contributed by atoms with E-state index in [2.05, 4.69) is 52.4 Å². The van der Waals surface area contributed by atoms with Gasteiger partial charge in [-0.15, -0.1) is 9.24 Å². The molecule has 1 heterocycles. The number of likely N-dealkylation sites (tertiary alicyclic amines) is 1. The van der Waals surface area contributed by atoms with Crippen molar-refractivity contribution in [2.45, 2.75) is 52.4 Å². The molecule has 2 unspecified atom stereocenters. The lowest BCUT2D eigenvalue weighted by Gasteiger charge is -2.34. The molecular formula is C22H37IN3O2P. The molecule has 0 spiro atoms. The minimum atomic E-state index is 0.0373. The summed E-state index contributed by atoms with van der Waals surface area (Å²) in [5.74, 6) is 2.15. The maximum atomic E-state index is 12.1. The molecule has 164 valence electrons. The van der Waals surface area contributed by atoms with Gasteiger partial charge in [-0.2, -0.15) is 0 Å². The third-order valence-electron chi connectivity index (χ3n) is 5.54. The second-order valence-corrected chi connectivity index (χ2v) is 9.62. The van der Waals surface area contributed by atoms with E-state index < -0.39 is 0 Å². The third kappa shape index (κ3) is 7.55. The van der Waals surface area contributed by atoms with Crippen molar-refractivity contribution in [2.24, 2.45) is 5.92 Å². The molecular weight excluding hydrogens is 496 g/mol. The zero-order chi connectivity index (χ0) is 21.4. The number of carbonyl (C=O) groups is 1. The number of nitrogens with one attached hydrogen (secondary N) is 1. The smallest absolute Gasteiger partial charge is 0.239 e. The van der Waals surface area contributed by atoms with Crippen LogP contribution in [0, 0.1) is 5.92 Å². The van der Waals surface area contributed by atoms with E-state index in [1.54, 1.807) is 0 Å². The molecule has 1 saturated heterocycles. The molecule has 7 heteroatoms. The van der Waals surface area contributed by atoms with Gasteiger partial charge in [0.05, 0.1) is 12.2 Å². The molecule has 29 heavy (non-hydrogen) atoms. The number of hydrogen-bond acceptors (Lipinski definition) is 4. The van der Waals surface area contributed by atoms with Crippen LogP contribution in [0.3, 0.4) is 0 Å². The molecule has 0 saturated carbocycles. The molecule has 2 rings (SSSR count). The van der Waals surface area contributed by atoms with E-state index in [4.69, 9.17) is 3.07 Å². The summed E-state index contributed by atoms with van der Waals surface area (Å²) in [6.45, 7) is 11.2. The molecule has 1 fully saturated rings. The van der Waals surface area contributed by atoms with Crippen molar-refractivity contribution >= 4 is 49.1 Å². The molecule has 1 amide bonds. The molecule has 0 aromatic heterocycles. The summed E-state index contributed by atoms with van der Waals surface area (Å²) in [4.78, 5) is 16.7. The molecule has 0 aliphatic carbocycles. The normalized spacial score (nSPS) is 17.4. The van der Waals surface area contributed by atoms with Crippen LogP contribution < -0.4 is 18.6 Å². The van der Waals surface area contributed by atoms with E-state index in [9.17, 15) is 4.79 Å². The van der Waals surface area contributed by atoms with Crippen LogP contribution in [0.25, 0.3) is 0 Å². The predicted molar refractivity (Wildman–Crippen MR) is 135 cm³/mol. The van der Waals surface area contributed by atoms with Gasteiger partial charge < -0.3 is 18.2 Å². The average molecular weight is 533 g/mol. The fraction of sp³-hybridized carbons (Fsp3) is 0.682. The van der Waals surface area contributed by atoms with E-state index in [0.717, 1.165) is 35.6 Å². The maximum Gasteiger partial charge on any atom is 0.239 e. The van der Waals surface area contributed by atoms with Crippen molar-refractivity contribution in [2.75, 3.05) is 44.7 Å². The highest BCUT2D eigenvalue weighted by Gasteiger charge is 2.24. The van der Waals surface area contributed by atoms with Crippen LogP contribution in [0.2, 0.25) is 0 Å². The van der Waals surface area contributed by atoms with E-state index in [1.165, 1.54) is 37.9 Å². The Morgan fingerprint density at radius 3 is 2.86 bits per heavy atom. The molecule has 0 radical (unpaired) electrons. The first-order valence-electron chi connectivity index (χ1n) is 10.8. The van der Waals surface area contributed by atoms with Gasteiger partial charge >= 0.3 is 0 Å². The lowest BCUT2D eigenvalue weighted by molar-refractivity contribution is -0.119. The molecule has 2 atom stereocenters. The maximum absolute atomic E-state index is 12.1. The van der Waals surface area contributed by atoms with Crippen LogP contribution in [0.1, 0.15) is 57.9 Å². The predicted octanol–water partition coefficient (Wildman–Crippen LogP) is 4.10. The van der Waals surface area contributed by atoms with Gasteiger partial charge in [-0.3, -0.25) is 4.79 Å². The summed E-state index contributed by atoms with van der Waals surface area (Å²) < 4.78 is 5.72. The van der Waals surface area contributed by atoms with Crippen molar-refractivity contribution in [1.29, 1.82) is 0 Å². The van der Waals surface area contributed by atoms with E-state index >= 15 is 0 Å². The van der Waals surface area contributed by atoms with Gasteiger partial charge in [0, 0.05) is 20.1 Å². The minimum Gasteiger partial charge on any atom is -0.425 e. The Hall–Kier alpha value is -0.590. The summed E-state index contributed by atoms with van der Waals surface area (Å²) in [5.41, 5.74) is 2.30. The minimum absolute atomic E-state index is 0.0373. The first-order chi connectivity index (χ1) is 13.8. The average Bonchev–Trinajstić information content (AvgIpc) is 2.70. The summed E-state index contributed by atoms with van der Waals surface area (Å²) in [6.07, 6.45) is 4.66. The van der Waals surface area contributed by atoms with Gasteiger partial charge in [0.15, 0.2) is 28.8 Å². The van der Waals surface area contributed by atoms with Gasteiger partial charge in [-0.05, 0) is 73.6 Å². The first-order valence-corrected chi connectivity index (χ1v) is 12.2. The largest absolute Gasteiger partial charge is 0.425 e. The van der Waals surface area contributed by atoms with Gasteiger partial charge in [0.2, 0.25) is 5.91 Å². The van der Waals surface area contributed by atoms with Crippen LogP contribution in [0.4, 0.5) is 5.69 Å². The van der Waals surface area contributed by atoms with Crippen LogP contribution in [0.15, 0.2) is 12.1 Å². The van der Waals surface area contributed by atoms with Crippen molar-refractivity contribution in [3.63, 3.8) is 0 Å². The SMILES string of the molecule is CCCNC(=O)CN(C)c1c(P)cc(C2CCCN(CCC(C)C)C2)cc1OI. The number of nitrogens with zero attached hydrogens (tertiary/aromatic N) is 2. The van der Waals surface area contributed by atoms with Crippen molar-refractivity contribution in [3.05, 3.63) is 17.7 Å². The fourth-order valence-electron chi connectivity index (χ4n) is 3.94. The molecule has 1 aliphatic rings. The number of benzene rings is 1. The standard InChI is InChI=1S/C22H37IN3O2P/c1-5-9-24-21(27)15-25(4)22-19(28-23)12-18(13-20(22)29)17-7-6-10-26(14-17)11-8-16(2)3/h12-13,16-17H,5-11,14-15,29H2,1-4H3,(H,24,27). The second-order valence-electron chi connectivity index (χ2n) is 8.56. The topological polar surface area (TPSA) is 44.8 Å². The summed E-state index contributed by atoms with van der Waals surface area (Å²) in [7, 11) is 4.79. The highest BCUT2D eigenvalue weighted by atomic mass is 127. The molecule has 0 bridgehead atoms. The lowest BCUT2D eigenvalue weighted by atomic mass is 9.90. The van der Waals surface area contributed by atoms with Gasteiger partial charge in [-0.25, -0.2) is 0 Å². The number of carbonyl (C=O) groups excluding carboxylic acids is 1. The highest BCUT2D eigenvalue weighted by molar-refractivity contribution is 14.1. The van der Waals surface area contributed by atoms with Crippen molar-refractivity contribution in [1.82, 2.24) is 10.2 Å². The van der Waals surface area contributed by atoms with E-state index in [-0.39, 0.29) is 5.91 Å². The van der Waals surface area contributed by atoms with Gasteiger partial charge in [0.1, 0.15) is 0 Å². The summed E-state index contributed by atoms with van der Waals surface area (Å²) in [5, 5.41) is 4.02. The Morgan fingerprint density at radius 1 is 1.45 bits per heavy atom. The number of likely N-dealkylation sites (N-methyl/N-ethyl adjacent to an activating group) is 1. The molecule has 1 N–H and O–H groups in total. The Balaban J connectivity index is 2.13. The molecule has 1 aromatic rings. The number of hydrogen-bond donors (Lipinski definition) is 1. The second kappa shape index (κ2) is 12.3. The zero-order valence-corrected chi connectivity index (χ0v) is 21.7. The monoisotopic (exact) mass is 533 g/mol. The van der Waals surface area contributed by atoms with Crippen LogP contribution in [-0.4, -0.2) is 50.6 Å². The van der Waals surface area contributed by atoms with Crippen LogP contribution >= 0.6 is 32.2 Å². The zero-order valence-electron chi connectivity index (χ0n) is 18.3. The number of rotatable bonds is 10. The molecule has 1 aromatic carbocycles. The summed E-state index contributed by atoms with van der Waals surface area (Å²) in [6, 6.07) is 4.43. The van der Waals surface area contributed by atoms with Crippen LogP contribution in [-0.2, 0) is 4.79 Å². The first kappa shape index (κ1) is 24.7. The third-order valence-corrected chi connectivity index (χ3v) is 6.46. The van der Waals surface area contributed by atoms with E-state index in [1.807, 2.05) is 35.0 Å². The Labute approximate surface area is 193 Å². The number of amides is 1. The number of anilines is 1. The Kier molecular flexibility index (Phi) is 10.5. The highest BCUT2D eigenvalue weighted by Crippen LogP contribution is 2.35. The fourth-order valence-corrected chi connectivity index (χ4v) is 4.83. The number of piperidine rings is 1. The van der Waals surface area contributed by atoms with Crippen molar-refractivity contribution in [3.8, 4) is 5.75 Å². The Morgan fingerprint density at radius 2 is 2.21 bits per heavy atom. The van der Waals surface area contributed by atoms with Gasteiger partial charge in [0.25, 0.3) is 0 Å². The van der Waals surface area contributed by atoms with E-state index in [0.29, 0.717) is 19.0 Å². The summed E-state index contributed by atoms with van der Waals surface area (Å²) >= 11 is 1.95. The van der Waals surface area contributed by atoms with Crippen LogP contribution in [0.5, 0.6) is 5.75 Å². The molecule has 5 nitrogen and oxygen atoms in total. The number of halogens is 1. The van der Waals surface area contributed by atoms with Gasteiger partial charge in [-0.1, -0.05) is 20.8 Å². The Bertz CT molecular complexity index is 672. The quantitative estimate of drug-likeness (QED) is 0.364. The lowest BCUT2D eigenvalue weighted by Crippen LogP contribution is -2.37.